The third-order valence-electron chi connectivity index (χ3n) is 5.68. The molecule has 0 aromatic heterocycles. The Hall–Kier alpha value is -4.78. The van der Waals surface area contributed by atoms with Crippen molar-refractivity contribution < 1.29 is 51.4 Å². The summed E-state index contributed by atoms with van der Waals surface area (Å²) in [5.41, 5.74) is 6.50. The van der Waals surface area contributed by atoms with E-state index in [4.69, 9.17) is 15.3 Å². The fraction of sp³-hybridized carbons (Fsp3) is 0.0294. The van der Waals surface area contributed by atoms with Gasteiger partial charge in [-0.15, -0.1) is 5.56 Å². The van der Waals surface area contributed by atoms with Crippen molar-refractivity contribution in [1.29, 1.82) is 0 Å². The van der Waals surface area contributed by atoms with Crippen LogP contribution in [0.3, 0.4) is 0 Å². The van der Waals surface area contributed by atoms with Gasteiger partial charge in [-0.2, -0.15) is 29.8 Å². The molecule has 1 aliphatic carbocycles. The zero-order chi connectivity index (χ0) is 28.7. The number of carboxylic acids is 3. The van der Waals surface area contributed by atoms with Gasteiger partial charge < -0.3 is 15.3 Å². The van der Waals surface area contributed by atoms with E-state index in [9.17, 15) is 14.4 Å². The monoisotopic (exact) mass is 579 g/mol. The first-order valence-electron chi connectivity index (χ1n) is 12.3. The fourth-order valence-electron chi connectivity index (χ4n) is 3.74. The van der Waals surface area contributed by atoms with E-state index in [1.54, 1.807) is 91.0 Å². The third-order valence-corrected chi connectivity index (χ3v) is 5.68. The van der Waals surface area contributed by atoms with Gasteiger partial charge in [0, 0.05) is 21.7 Å². The molecular formula is C34H27O6Ti-. The van der Waals surface area contributed by atoms with E-state index in [0.717, 1.165) is 6.42 Å². The number of carbonyl (C=O) groups is 3. The van der Waals surface area contributed by atoms with Gasteiger partial charge >= 0.3 is 17.9 Å². The molecule has 5 aromatic rings. The molecule has 5 aromatic carbocycles. The van der Waals surface area contributed by atoms with Crippen LogP contribution in [-0.4, -0.2) is 33.2 Å². The molecule has 0 spiro atoms. The van der Waals surface area contributed by atoms with E-state index in [-0.39, 0.29) is 21.7 Å². The Labute approximate surface area is 253 Å². The fourth-order valence-corrected chi connectivity index (χ4v) is 3.74. The third kappa shape index (κ3) is 10.4. The van der Waals surface area contributed by atoms with Crippen LogP contribution in [0.5, 0.6) is 0 Å². The first-order chi connectivity index (χ1) is 19.4. The smallest absolute Gasteiger partial charge is 0.335 e. The van der Waals surface area contributed by atoms with Gasteiger partial charge in [0.2, 0.25) is 0 Å². The van der Waals surface area contributed by atoms with Gasteiger partial charge in [-0.25, -0.2) is 14.4 Å². The largest absolute Gasteiger partial charge is 0.478 e. The number of fused-ring (bicyclic) bond motifs is 3. The molecule has 0 radical (unpaired) electrons. The van der Waals surface area contributed by atoms with Crippen LogP contribution in [0.2, 0.25) is 0 Å². The van der Waals surface area contributed by atoms with Gasteiger partial charge in [-0.3, -0.25) is 0 Å². The summed E-state index contributed by atoms with van der Waals surface area (Å²) in [6.07, 6.45) is 1.05. The summed E-state index contributed by atoms with van der Waals surface area (Å²) >= 11 is 0. The maximum Gasteiger partial charge on any atom is 0.335 e. The second-order valence-electron chi connectivity index (χ2n) is 8.41. The molecular weight excluding hydrogens is 552 g/mol. The minimum Gasteiger partial charge on any atom is -0.478 e. The molecule has 0 bridgehead atoms. The van der Waals surface area contributed by atoms with Gasteiger partial charge in [0.25, 0.3) is 0 Å². The SMILES string of the molecule is O=C(O)c1ccccc1.O=C(O)c1ccccc1.O=C(O)c1ccccc1.[Ti].[c-]1cccc2c1Cc1ccccc1-2. The molecule has 0 amide bonds. The van der Waals surface area contributed by atoms with Crippen molar-refractivity contribution in [2.75, 3.05) is 0 Å². The van der Waals surface area contributed by atoms with Crippen LogP contribution in [0, 0.1) is 6.07 Å². The van der Waals surface area contributed by atoms with E-state index in [0.29, 0.717) is 16.7 Å². The molecule has 0 aliphatic heterocycles. The Morgan fingerprint density at radius 2 is 0.854 bits per heavy atom. The molecule has 41 heavy (non-hydrogen) atoms. The van der Waals surface area contributed by atoms with Gasteiger partial charge in [-0.05, 0) is 42.8 Å². The van der Waals surface area contributed by atoms with E-state index in [2.05, 4.69) is 42.5 Å². The van der Waals surface area contributed by atoms with Crippen LogP contribution in [-0.2, 0) is 28.1 Å². The van der Waals surface area contributed by atoms with Crippen LogP contribution >= 0.6 is 0 Å². The number of carboxylic acid groups (broad SMARTS) is 3. The number of hydrogen-bond donors (Lipinski definition) is 3. The molecule has 0 saturated heterocycles. The molecule has 7 heteroatoms. The van der Waals surface area contributed by atoms with Crippen molar-refractivity contribution >= 4 is 17.9 Å². The van der Waals surface area contributed by atoms with Crippen molar-refractivity contribution in [2.24, 2.45) is 0 Å². The van der Waals surface area contributed by atoms with E-state index >= 15 is 0 Å². The molecule has 204 valence electrons. The summed E-state index contributed by atoms with van der Waals surface area (Å²) < 4.78 is 0. The van der Waals surface area contributed by atoms with Crippen LogP contribution in [0.1, 0.15) is 42.2 Å². The Balaban J connectivity index is 0.000000193. The summed E-state index contributed by atoms with van der Waals surface area (Å²) in [5.74, 6) is -2.64. The summed E-state index contributed by atoms with van der Waals surface area (Å²) in [6, 6.07) is 43.0. The number of benzene rings is 5. The summed E-state index contributed by atoms with van der Waals surface area (Å²) in [5, 5.41) is 25.2. The Morgan fingerprint density at radius 3 is 1.24 bits per heavy atom. The summed E-state index contributed by atoms with van der Waals surface area (Å²) in [6.45, 7) is 0. The summed E-state index contributed by atoms with van der Waals surface area (Å²) in [7, 11) is 0. The van der Waals surface area contributed by atoms with Gasteiger partial charge in [0.15, 0.2) is 0 Å². The maximum atomic E-state index is 10.2. The van der Waals surface area contributed by atoms with Gasteiger partial charge in [0.1, 0.15) is 0 Å². The Bertz CT molecular complexity index is 1380. The summed E-state index contributed by atoms with van der Waals surface area (Å²) in [4.78, 5) is 30.6. The van der Waals surface area contributed by atoms with Crippen LogP contribution < -0.4 is 0 Å². The minimum absolute atomic E-state index is 0. The second kappa shape index (κ2) is 17.0. The molecule has 6 rings (SSSR count). The predicted octanol–water partition coefficient (Wildman–Crippen LogP) is 7.21. The van der Waals surface area contributed by atoms with Crippen molar-refractivity contribution in [1.82, 2.24) is 0 Å². The molecule has 6 nitrogen and oxygen atoms in total. The Kier molecular flexibility index (Phi) is 13.5. The van der Waals surface area contributed by atoms with Gasteiger partial charge in [0.05, 0.1) is 16.7 Å². The van der Waals surface area contributed by atoms with Crippen LogP contribution in [0.25, 0.3) is 11.1 Å². The number of hydrogen-bond acceptors (Lipinski definition) is 3. The second-order valence-corrected chi connectivity index (χ2v) is 8.41. The molecule has 0 saturated carbocycles. The molecule has 3 N–H and O–H groups in total. The van der Waals surface area contributed by atoms with Crippen molar-refractivity contribution in [3.63, 3.8) is 0 Å². The van der Waals surface area contributed by atoms with E-state index < -0.39 is 17.9 Å². The van der Waals surface area contributed by atoms with E-state index in [1.807, 2.05) is 6.07 Å². The standard InChI is InChI=1S/C13H9.3C7H6O2.Ti/c1-3-7-12-10(5-1)9-11-6-2-4-8-13(11)12;3*8-7(9)6-4-2-1-3-5-6;/h1-5,7-8H,9H2;3*1-5H,(H,8,9);/q-1;;;;. The topological polar surface area (TPSA) is 112 Å². The van der Waals surface area contributed by atoms with Crippen LogP contribution in [0.15, 0.2) is 133 Å². The molecule has 0 atom stereocenters. The first kappa shape index (κ1) is 32.4. The number of rotatable bonds is 3. The maximum absolute atomic E-state index is 10.2. The molecule has 1 aliphatic rings. The average molecular weight is 579 g/mol. The molecule has 0 heterocycles. The Morgan fingerprint density at radius 1 is 0.488 bits per heavy atom. The number of aromatic carboxylic acids is 3. The zero-order valence-electron chi connectivity index (χ0n) is 22.0. The van der Waals surface area contributed by atoms with E-state index in [1.165, 1.54) is 22.3 Å². The first-order valence-corrected chi connectivity index (χ1v) is 12.3. The normalized spacial score (nSPS) is 9.76. The van der Waals surface area contributed by atoms with Gasteiger partial charge in [-0.1, -0.05) is 90.0 Å². The average Bonchev–Trinajstić information content (AvgIpc) is 3.38. The zero-order valence-corrected chi connectivity index (χ0v) is 23.5. The minimum atomic E-state index is -0.879. The molecule has 0 unspecified atom stereocenters. The van der Waals surface area contributed by atoms with Crippen molar-refractivity contribution in [3.05, 3.63) is 167 Å². The van der Waals surface area contributed by atoms with Crippen molar-refractivity contribution in [3.8, 4) is 11.1 Å². The quantitative estimate of drug-likeness (QED) is 0.151. The van der Waals surface area contributed by atoms with Crippen molar-refractivity contribution in [2.45, 2.75) is 6.42 Å². The van der Waals surface area contributed by atoms with Crippen LogP contribution in [0.4, 0.5) is 0 Å². The predicted molar refractivity (Wildman–Crippen MR) is 154 cm³/mol. The molecule has 0 fully saturated rings.